The predicted molar refractivity (Wildman–Crippen MR) is 81.4 cm³/mol. The van der Waals surface area contributed by atoms with Crippen LogP contribution >= 0.6 is 11.8 Å². The maximum Gasteiger partial charge on any atom is 0.119 e. The van der Waals surface area contributed by atoms with Crippen molar-refractivity contribution in [1.82, 2.24) is 0 Å². The van der Waals surface area contributed by atoms with E-state index >= 15 is 0 Å². The van der Waals surface area contributed by atoms with Gasteiger partial charge in [0.25, 0.3) is 0 Å². The second-order valence-corrected chi connectivity index (χ2v) is 6.92. The number of aliphatic hydroxyl groups excluding tert-OH is 1. The molecule has 0 aromatic heterocycles. The van der Waals surface area contributed by atoms with Gasteiger partial charge in [0.2, 0.25) is 0 Å². The number of hydrogen-bond acceptors (Lipinski definition) is 4. The lowest BCUT2D eigenvalue weighted by molar-refractivity contribution is -0.0958. The highest BCUT2D eigenvalue weighted by atomic mass is 32.2. The minimum atomic E-state index is -0.425. The number of rotatable bonds is 3. The molecule has 20 heavy (non-hydrogen) atoms. The second kappa shape index (κ2) is 5.96. The van der Waals surface area contributed by atoms with Crippen LogP contribution in [-0.2, 0) is 4.74 Å². The lowest BCUT2D eigenvalue weighted by Crippen LogP contribution is -2.43. The third kappa shape index (κ3) is 3.13. The summed E-state index contributed by atoms with van der Waals surface area (Å²) in [7, 11) is 0. The molecule has 2 heterocycles. The van der Waals surface area contributed by atoms with E-state index in [1.807, 2.05) is 36.0 Å². The minimum absolute atomic E-state index is 0.0626. The molecule has 3 unspecified atom stereocenters. The van der Waals surface area contributed by atoms with Gasteiger partial charge >= 0.3 is 0 Å². The Labute approximate surface area is 124 Å². The fourth-order valence-corrected chi connectivity index (χ4v) is 4.34. The molecule has 2 aliphatic rings. The zero-order valence-electron chi connectivity index (χ0n) is 11.9. The Bertz CT molecular complexity index is 438. The van der Waals surface area contributed by atoms with Gasteiger partial charge < -0.3 is 14.6 Å². The average molecular weight is 294 g/mol. The molecule has 1 aromatic rings. The van der Waals surface area contributed by atoms with E-state index in [4.69, 9.17) is 9.47 Å². The zero-order chi connectivity index (χ0) is 14.0. The lowest BCUT2D eigenvalue weighted by Gasteiger charge is -2.37. The summed E-state index contributed by atoms with van der Waals surface area (Å²) in [4.78, 5) is 0. The molecule has 0 radical (unpaired) electrons. The number of aliphatic hydroxyl groups is 1. The molecular weight excluding hydrogens is 272 g/mol. The van der Waals surface area contributed by atoms with Crippen LogP contribution in [0.1, 0.15) is 37.9 Å². The van der Waals surface area contributed by atoms with Crippen LogP contribution in [0.15, 0.2) is 24.3 Å². The van der Waals surface area contributed by atoms with Crippen LogP contribution in [0, 0.1) is 0 Å². The Kier molecular flexibility index (Phi) is 4.24. The number of hydrogen-bond donors (Lipinski definition) is 1. The Morgan fingerprint density at radius 1 is 1.40 bits per heavy atom. The third-order valence-electron chi connectivity index (χ3n) is 4.18. The average Bonchev–Trinajstić information content (AvgIpc) is 2.87. The van der Waals surface area contributed by atoms with E-state index in [9.17, 15) is 5.11 Å². The fourth-order valence-electron chi connectivity index (χ4n) is 2.96. The monoisotopic (exact) mass is 294 g/mol. The SMILES string of the molecule is CC(O)c1ccc(OC2CCOC3(CCSC3)C2)cc1. The first kappa shape index (κ1) is 14.2. The van der Waals surface area contributed by atoms with Crippen LogP contribution in [0.2, 0.25) is 0 Å². The summed E-state index contributed by atoms with van der Waals surface area (Å²) in [5.74, 6) is 3.20. The maximum absolute atomic E-state index is 9.52. The third-order valence-corrected chi connectivity index (χ3v) is 5.40. The molecule has 0 bridgehead atoms. The maximum atomic E-state index is 9.52. The topological polar surface area (TPSA) is 38.7 Å². The standard InChI is InChI=1S/C16H22O3S/c1-12(17)13-2-4-14(5-3-13)19-15-6-8-18-16(10-15)7-9-20-11-16/h2-5,12,15,17H,6-11H2,1H3. The first-order valence-corrected chi connectivity index (χ1v) is 8.49. The quantitative estimate of drug-likeness (QED) is 0.929. The highest BCUT2D eigenvalue weighted by molar-refractivity contribution is 7.99. The largest absolute Gasteiger partial charge is 0.490 e. The normalized spacial score (nSPS) is 31.4. The van der Waals surface area contributed by atoms with Crippen LogP contribution < -0.4 is 4.74 Å². The van der Waals surface area contributed by atoms with E-state index in [0.717, 1.165) is 42.9 Å². The molecule has 0 amide bonds. The molecule has 3 rings (SSSR count). The van der Waals surface area contributed by atoms with Crippen molar-refractivity contribution >= 4 is 11.8 Å². The zero-order valence-corrected chi connectivity index (χ0v) is 12.7. The van der Waals surface area contributed by atoms with Gasteiger partial charge in [0.15, 0.2) is 0 Å². The molecule has 0 saturated carbocycles. The van der Waals surface area contributed by atoms with Crippen molar-refractivity contribution in [3.63, 3.8) is 0 Å². The lowest BCUT2D eigenvalue weighted by atomic mass is 9.91. The van der Waals surface area contributed by atoms with Gasteiger partial charge in [0.1, 0.15) is 11.9 Å². The van der Waals surface area contributed by atoms with E-state index < -0.39 is 6.10 Å². The summed E-state index contributed by atoms with van der Waals surface area (Å²) in [5, 5.41) is 9.52. The van der Waals surface area contributed by atoms with E-state index in [1.165, 1.54) is 5.75 Å². The van der Waals surface area contributed by atoms with Gasteiger partial charge in [-0.1, -0.05) is 12.1 Å². The van der Waals surface area contributed by atoms with Crippen molar-refractivity contribution in [2.24, 2.45) is 0 Å². The molecule has 0 aliphatic carbocycles. The highest BCUT2D eigenvalue weighted by Gasteiger charge is 2.41. The number of ether oxygens (including phenoxy) is 2. The van der Waals surface area contributed by atoms with Gasteiger partial charge in [-0.25, -0.2) is 0 Å². The molecule has 1 aromatic carbocycles. The smallest absolute Gasteiger partial charge is 0.119 e. The predicted octanol–water partition coefficient (Wildman–Crippen LogP) is 3.17. The number of benzene rings is 1. The van der Waals surface area contributed by atoms with E-state index in [1.54, 1.807) is 6.92 Å². The molecule has 1 N–H and O–H groups in total. The van der Waals surface area contributed by atoms with E-state index in [0.29, 0.717) is 0 Å². The molecule has 3 atom stereocenters. The molecule has 1 spiro atoms. The van der Waals surface area contributed by atoms with E-state index in [-0.39, 0.29) is 11.7 Å². The van der Waals surface area contributed by atoms with E-state index in [2.05, 4.69) is 0 Å². The van der Waals surface area contributed by atoms with Crippen molar-refractivity contribution < 1.29 is 14.6 Å². The van der Waals surface area contributed by atoms with Gasteiger partial charge in [-0.05, 0) is 36.8 Å². The van der Waals surface area contributed by atoms with Crippen molar-refractivity contribution in [1.29, 1.82) is 0 Å². The van der Waals surface area contributed by atoms with Gasteiger partial charge in [-0.2, -0.15) is 11.8 Å². The molecule has 3 nitrogen and oxygen atoms in total. The summed E-state index contributed by atoms with van der Waals surface area (Å²) in [5.41, 5.74) is 0.987. The van der Waals surface area contributed by atoms with Gasteiger partial charge in [0.05, 0.1) is 18.3 Å². The van der Waals surface area contributed by atoms with Gasteiger partial charge in [-0.15, -0.1) is 0 Å². The first-order valence-electron chi connectivity index (χ1n) is 7.33. The van der Waals surface area contributed by atoms with Crippen LogP contribution in [0.5, 0.6) is 5.75 Å². The molecule has 2 aliphatic heterocycles. The van der Waals surface area contributed by atoms with Crippen molar-refractivity contribution in [2.75, 3.05) is 18.1 Å². The fraction of sp³-hybridized carbons (Fsp3) is 0.625. The minimum Gasteiger partial charge on any atom is -0.490 e. The van der Waals surface area contributed by atoms with Crippen LogP contribution in [0.3, 0.4) is 0 Å². The molecule has 110 valence electrons. The Morgan fingerprint density at radius 2 is 2.20 bits per heavy atom. The summed E-state index contributed by atoms with van der Waals surface area (Å²) in [6, 6.07) is 7.77. The molecule has 2 fully saturated rings. The summed E-state index contributed by atoms with van der Waals surface area (Å²) < 4.78 is 12.1. The first-order chi connectivity index (χ1) is 9.67. The molecular formula is C16H22O3S. The Morgan fingerprint density at radius 3 is 2.85 bits per heavy atom. The number of thioether (sulfide) groups is 1. The Balaban J connectivity index is 1.62. The highest BCUT2D eigenvalue weighted by Crippen LogP contribution is 2.39. The second-order valence-electron chi connectivity index (χ2n) is 5.81. The van der Waals surface area contributed by atoms with Crippen molar-refractivity contribution in [3.8, 4) is 5.75 Å². The van der Waals surface area contributed by atoms with Crippen LogP contribution in [-0.4, -0.2) is 34.9 Å². The van der Waals surface area contributed by atoms with Crippen LogP contribution in [0.25, 0.3) is 0 Å². The van der Waals surface area contributed by atoms with Gasteiger partial charge in [-0.3, -0.25) is 0 Å². The summed E-state index contributed by atoms with van der Waals surface area (Å²) in [6.07, 6.45) is 2.94. The van der Waals surface area contributed by atoms with Crippen molar-refractivity contribution in [3.05, 3.63) is 29.8 Å². The van der Waals surface area contributed by atoms with Crippen molar-refractivity contribution in [2.45, 2.75) is 44.0 Å². The van der Waals surface area contributed by atoms with Crippen LogP contribution in [0.4, 0.5) is 0 Å². The summed E-state index contributed by atoms with van der Waals surface area (Å²) in [6.45, 7) is 2.58. The Hall–Kier alpha value is -0.710. The van der Waals surface area contributed by atoms with Gasteiger partial charge in [0, 0.05) is 18.6 Å². The molecule has 4 heteroatoms. The molecule has 2 saturated heterocycles. The summed E-state index contributed by atoms with van der Waals surface area (Å²) >= 11 is 1.98.